The lowest BCUT2D eigenvalue weighted by Crippen LogP contribution is -2.23. The van der Waals surface area contributed by atoms with Crippen molar-refractivity contribution in [3.05, 3.63) is 41.5 Å². The number of hydrogen-bond donors (Lipinski definition) is 2. The normalized spacial score (nSPS) is 13.6. The number of nitrogens with one attached hydrogen (secondary N) is 1. The van der Waals surface area contributed by atoms with Crippen LogP contribution in [0.1, 0.15) is 24.0 Å². The minimum atomic E-state index is -3.61. The number of hydrogen-bond acceptors (Lipinski definition) is 7. The highest BCUT2D eigenvalue weighted by Crippen LogP contribution is 2.37. The average molecular weight is 433 g/mol. The monoisotopic (exact) mass is 433 g/mol. The van der Waals surface area contributed by atoms with Crippen molar-refractivity contribution >= 4 is 27.4 Å². The van der Waals surface area contributed by atoms with E-state index in [9.17, 15) is 23.1 Å². The first-order valence-corrected chi connectivity index (χ1v) is 11.0. The molecule has 1 fully saturated rings. The largest absolute Gasteiger partial charge is 0.507 e. The van der Waals surface area contributed by atoms with Crippen LogP contribution in [-0.4, -0.2) is 38.3 Å². The van der Waals surface area contributed by atoms with Gasteiger partial charge in [-0.05, 0) is 68.0 Å². The van der Waals surface area contributed by atoms with Crippen LogP contribution in [0.4, 0.5) is 5.69 Å². The molecule has 1 saturated carbocycles. The van der Waals surface area contributed by atoms with E-state index in [1.165, 1.54) is 18.2 Å². The number of rotatable bonds is 6. The molecule has 30 heavy (non-hydrogen) atoms. The number of ether oxygens (including phenoxy) is 2. The van der Waals surface area contributed by atoms with E-state index in [1.54, 1.807) is 26.0 Å². The average Bonchev–Trinajstić information content (AvgIpc) is 3.48. The molecule has 3 rings (SSSR count). The van der Waals surface area contributed by atoms with Gasteiger partial charge in [0.1, 0.15) is 22.1 Å². The summed E-state index contributed by atoms with van der Waals surface area (Å²) in [6.07, 6.45) is 1.76. The summed E-state index contributed by atoms with van der Waals surface area (Å²) >= 11 is 0. The second kappa shape index (κ2) is 8.35. The van der Waals surface area contributed by atoms with E-state index >= 15 is 0 Å². The van der Waals surface area contributed by atoms with Crippen molar-refractivity contribution < 1.29 is 32.6 Å². The number of phenolic OH excluding ortho intramolecular Hbond substituents is 1. The highest BCUT2D eigenvalue weighted by molar-refractivity contribution is 7.91. The maximum Gasteiger partial charge on any atom is 0.396 e. The van der Waals surface area contributed by atoms with Gasteiger partial charge in [0.15, 0.2) is 9.84 Å². The van der Waals surface area contributed by atoms with Gasteiger partial charge in [-0.25, -0.2) is 13.2 Å². The Labute approximate surface area is 174 Å². The van der Waals surface area contributed by atoms with Gasteiger partial charge in [-0.1, -0.05) is 0 Å². The Balaban J connectivity index is 1.85. The third-order valence-corrected chi connectivity index (χ3v) is 6.63. The topological polar surface area (TPSA) is 119 Å². The molecule has 0 aliphatic heterocycles. The van der Waals surface area contributed by atoms with Crippen LogP contribution in [0.5, 0.6) is 17.2 Å². The second-order valence-corrected chi connectivity index (χ2v) is 9.34. The summed E-state index contributed by atoms with van der Waals surface area (Å²) in [6.45, 7) is 3.50. The lowest BCUT2D eigenvalue weighted by Gasteiger charge is -2.15. The van der Waals surface area contributed by atoms with Crippen LogP contribution in [0.25, 0.3) is 0 Å². The Morgan fingerprint density at radius 1 is 1.13 bits per heavy atom. The van der Waals surface area contributed by atoms with Crippen molar-refractivity contribution in [2.24, 2.45) is 5.92 Å². The molecule has 9 heteroatoms. The number of carbonyl (C=O) groups excluding carboxylic acids is 2. The zero-order valence-electron chi connectivity index (χ0n) is 16.9. The number of benzene rings is 2. The smallest absolute Gasteiger partial charge is 0.396 e. The number of anilines is 1. The molecule has 1 aliphatic rings. The van der Waals surface area contributed by atoms with Gasteiger partial charge in [0.05, 0.1) is 12.9 Å². The van der Waals surface area contributed by atoms with Gasteiger partial charge in [-0.3, -0.25) is 4.79 Å². The summed E-state index contributed by atoms with van der Waals surface area (Å²) in [6, 6.07) is 7.34. The van der Waals surface area contributed by atoms with Gasteiger partial charge in [0.2, 0.25) is 0 Å². The summed E-state index contributed by atoms with van der Waals surface area (Å²) in [5.74, 6) is -1.31. The number of methoxy groups -OCH3 is 1. The Bertz CT molecular complexity index is 1080. The number of amides is 1. The molecule has 2 aromatic rings. The van der Waals surface area contributed by atoms with Crippen LogP contribution in [-0.2, 0) is 24.2 Å². The van der Waals surface area contributed by atoms with Gasteiger partial charge < -0.3 is 19.9 Å². The van der Waals surface area contributed by atoms with Crippen molar-refractivity contribution in [2.45, 2.75) is 31.6 Å². The number of sulfone groups is 1. The van der Waals surface area contributed by atoms with Crippen LogP contribution in [0, 0.1) is 19.8 Å². The Morgan fingerprint density at radius 2 is 1.77 bits per heavy atom. The van der Waals surface area contributed by atoms with Crippen LogP contribution < -0.4 is 10.1 Å². The summed E-state index contributed by atoms with van der Waals surface area (Å²) in [5, 5.41) is 12.5. The predicted molar refractivity (Wildman–Crippen MR) is 110 cm³/mol. The Hall–Kier alpha value is -3.07. The molecule has 1 amide bonds. The minimum absolute atomic E-state index is 0.0106. The molecule has 1 aliphatic carbocycles. The zero-order chi connectivity index (χ0) is 22.1. The number of carbonyl (C=O) groups is 2. The SMILES string of the molecule is COC(=O)C(=O)Nc1cc(C)c(Oc2ccc(O)c(S(=O)(=O)CC3CC3)c2)c(C)c1. The predicted octanol–water partition coefficient (Wildman–Crippen LogP) is 3.10. The fraction of sp³-hybridized carbons (Fsp3) is 0.333. The maximum atomic E-state index is 12.6. The molecule has 0 heterocycles. The molecule has 0 bridgehead atoms. The van der Waals surface area contributed by atoms with E-state index in [-0.39, 0.29) is 28.1 Å². The number of phenols is 1. The molecule has 2 N–H and O–H groups in total. The zero-order valence-corrected chi connectivity index (χ0v) is 17.7. The lowest BCUT2D eigenvalue weighted by molar-refractivity contribution is -0.150. The van der Waals surface area contributed by atoms with Crippen molar-refractivity contribution in [3.8, 4) is 17.2 Å². The van der Waals surface area contributed by atoms with Crippen LogP contribution in [0.15, 0.2) is 35.2 Å². The van der Waals surface area contributed by atoms with Gasteiger partial charge in [0.25, 0.3) is 0 Å². The first kappa shape index (κ1) is 21.6. The van der Waals surface area contributed by atoms with E-state index in [4.69, 9.17) is 4.74 Å². The molecule has 0 aromatic heterocycles. The van der Waals surface area contributed by atoms with E-state index in [2.05, 4.69) is 10.1 Å². The summed E-state index contributed by atoms with van der Waals surface area (Å²) in [4.78, 5) is 22.8. The fourth-order valence-electron chi connectivity index (χ4n) is 3.07. The number of aromatic hydroxyl groups is 1. The van der Waals surface area contributed by atoms with Crippen LogP contribution >= 0.6 is 0 Å². The van der Waals surface area contributed by atoms with Gasteiger partial charge in [-0.15, -0.1) is 0 Å². The quantitative estimate of drug-likeness (QED) is 0.531. The van der Waals surface area contributed by atoms with Crippen molar-refractivity contribution in [1.29, 1.82) is 0 Å². The molecule has 0 saturated heterocycles. The van der Waals surface area contributed by atoms with Gasteiger partial charge in [0, 0.05) is 11.8 Å². The summed E-state index contributed by atoms with van der Waals surface area (Å²) < 4.78 is 35.4. The summed E-state index contributed by atoms with van der Waals surface area (Å²) in [5.41, 5.74) is 1.71. The van der Waals surface area contributed by atoms with E-state index < -0.39 is 21.7 Å². The summed E-state index contributed by atoms with van der Waals surface area (Å²) in [7, 11) is -2.50. The highest BCUT2D eigenvalue weighted by Gasteiger charge is 2.31. The first-order valence-electron chi connectivity index (χ1n) is 9.35. The molecule has 0 atom stereocenters. The molecule has 8 nitrogen and oxygen atoms in total. The van der Waals surface area contributed by atoms with E-state index in [0.717, 1.165) is 20.0 Å². The standard InChI is InChI=1S/C21H23NO7S/c1-12-8-15(22-20(24)21(25)28-3)9-13(2)19(12)29-16-6-7-17(23)18(10-16)30(26,27)11-14-4-5-14/h6-10,14,23H,4-5,11H2,1-3H3,(H,22,24). The minimum Gasteiger partial charge on any atom is -0.507 e. The van der Waals surface area contributed by atoms with E-state index in [0.29, 0.717) is 22.6 Å². The molecule has 2 aromatic carbocycles. The van der Waals surface area contributed by atoms with Crippen molar-refractivity contribution in [3.63, 3.8) is 0 Å². The van der Waals surface area contributed by atoms with Crippen molar-refractivity contribution in [2.75, 3.05) is 18.2 Å². The second-order valence-electron chi connectivity index (χ2n) is 7.34. The maximum absolute atomic E-state index is 12.6. The number of esters is 1. The molecular formula is C21H23NO7S. The fourth-order valence-corrected chi connectivity index (χ4v) is 4.88. The first-order chi connectivity index (χ1) is 14.1. The Kier molecular flexibility index (Phi) is 6.02. The molecule has 160 valence electrons. The third kappa shape index (κ3) is 4.91. The highest BCUT2D eigenvalue weighted by atomic mass is 32.2. The number of aryl methyl sites for hydroxylation is 2. The molecule has 0 radical (unpaired) electrons. The third-order valence-electron chi connectivity index (χ3n) is 4.73. The van der Waals surface area contributed by atoms with Crippen molar-refractivity contribution in [1.82, 2.24) is 0 Å². The van der Waals surface area contributed by atoms with Crippen LogP contribution in [0.2, 0.25) is 0 Å². The lowest BCUT2D eigenvalue weighted by atomic mass is 10.1. The molecule has 0 spiro atoms. The van der Waals surface area contributed by atoms with E-state index in [1.807, 2.05) is 0 Å². The molecular weight excluding hydrogens is 410 g/mol. The van der Waals surface area contributed by atoms with Gasteiger partial charge >= 0.3 is 11.9 Å². The van der Waals surface area contributed by atoms with Gasteiger partial charge in [-0.2, -0.15) is 0 Å². The molecule has 0 unspecified atom stereocenters. The Morgan fingerprint density at radius 3 is 2.33 bits per heavy atom. The van der Waals surface area contributed by atoms with Crippen LogP contribution in [0.3, 0.4) is 0 Å².